The molecule has 2 nitrogen and oxygen atoms in total. The van der Waals surface area contributed by atoms with Crippen molar-refractivity contribution in [2.24, 2.45) is 5.73 Å². The zero-order chi connectivity index (χ0) is 14.4. The van der Waals surface area contributed by atoms with Gasteiger partial charge in [0.05, 0.1) is 11.6 Å². The molecule has 0 saturated carbocycles. The molecule has 0 radical (unpaired) electrons. The maximum absolute atomic E-state index is 6.05. The summed E-state index contributed by atoms with van der Waals surface area (Å²) >= 11 is 11.9. The Morgan fingerprint density at radius 1 is 1.10 bits per heavy atom. The highest BCUT2D eigenvalue weighted by molar-refractivity contribution is 6.35. The molecule has 2 N–H and O–H groups in total. The van der Waals surface area contributed by atoms with Crippen LogP contribution in [0.3, 0.4) is 0 Å². The van der Waals surface area contributed by atoms with Gasteiger partial charge in [-0.15, -0.1) is 0 Å². The van der Waals surface area contributed by atoms with Crippen molar-refractivity contribution in [3.8, 4) is 17.6 Å². The summed E-state index contributed by atoms with van der Waals surface area (Å²) in [5, 5.41) is 1.08. The quantitative estimate of drug-likeness (QED) is 0.873. The van der Waals surface area contributed by atoms with E-state index in [-0.39, 0.29) is 0 Å². The van der Waals surface area contributed by atoms with Crippen LogP contribution in [0.5, 0.6) is 5.75 Å². The van der Waals surface area contributed by atoms with Crippen LogP contribution in [0, 0.1) is 11.8 Å². The Hall–Kier alpha value is -1.66. The molecule has 0 atom stereocenters. The molecule has 0 aliphatic heterocycles. The lowest BCUT2D eigenvalue weighted by Crippen LogP contribution is -1.97. The van der Waals surface area contributed by atoms with Gasteiger partial charge in [-0.3, -0.25) is 0 Å². The summed E-state index contributed by atoms with van der Waals surface area (Å²) in [6.45, 7) is 0.764. The molecule has 0 aromatic heterocycles. The molecule has 2 aromatic rings. The van der Waals surface area contributed by atoms with Gasteiger partial charge in [0.2, 0.25) is 0 Å². The largest absolute Gasteiger partial charge is 0.487 e. The summed E-state index contributed by atoms with van der Waals surface area (Å²) in [4.78, 5) is 0. The Morgan fingerprint density at radius 2 is 1.95 bits per heavy atom. The normalized spacial score (nSPS) is 9.75. The number of nitrogens with two attached hydrogens (primary N) is 1. The Labute approximate surface area is 128 Å². The summed E-state index contributed by atoms with van der Waals surface area (Å²) in [7, 11) is 0. The number of halogens is 2. The van der Waals surface area contributed by atoms with Crippen LogP contribution in [0.25, 0.3) is 0 Å². The van der Waals surface area contributed by atoms with Crippen molar-refractivity contribution in [3.05, 3.63) is 63.6 Å². The third-order valence-electron chi connectivity index (χ3n) is 2.55. The first-order chi connectivity index (χ1) is 9.69. The van der Waals surface area contributed by atoms with E-state index in [1.807, 2.05) is 24.3 Å². The van der Waals surface area contributed by atoms with Gasteiger partial charge in [-0.25, -0.2) is 0 Å². The van der Waals surface area contributed by atoms with Gasteiger partial charge in [-0.1, -0.05) is 47.2 Å². The standard InChI is InChI=1S/C16H13Cl2NO/c17-14-6-7-16(15(18)10-14)20-11-13-4-1-3-12(9-13)5-2-8-19/h1,3-4,6-7,9-10H,8,11,19H2. The molecule has 2 aromatic carbocycles. The molecule has 20 heavy (non-hydrogen) atoms. The first-order valence-electron chi connectivity index (χ1n) is 6.05. The van der Waals surface area contributed by atoms with Crippen LogP contribution in [-0.4, -0.2) is 6.54 Å². The molecule has 102 valence electrons. The van der Waals surface area contributed by atoms with Crippen molar-refractivity contribution in [2.45, 2.75) is 6.61 Å². The summed E-state index contributed by atoms with van der Waals surface area (Å²) in [6.07, 6.45) is 0. The number of hydrogen-bond acceptors (Lipinski definition) is 2. The second kappa shape index (κ2) is 7.21. The molecule has 2 rings (SSSR count). The van der Waals surface area contributed by atoms with Crippen LogP contribution >= 0.6 is 23.2 Å². The van der Waals surface area contributed by atoms with E-state index in [1.54, 1.807) is 18.2 Å². The van der Waals surface area contributed by atoms with Crippen LogP contribution in [0.15, 0.2) is 42.5 Å². The fourth-order valence-corrected chi connectivity index (χ4v) is 2.11. The highest BCUT2D eigenvalue weighted by Gasteiger charge is 2.03. The van der Waals surface area contributed by atoms with E-state index in [2.05, 4.69) is 11.8 Å². The fraction of sp³-hybridized carbons (Fsp3) is 0.125. The second-order valence-electron chi connectivity index (χ2n) is 4.07. The summed E-state index contributed by atoms with van der Waals surface area (Å²) in [5.74, 6) is 6.42. The van der Waals surface area contributed by atoms with Crippen molar-refractivity contribution < 1.29 is 4.74 Å². The maximum Gasteiger partial charge on any atom is 0.138 e. The summed E-state index contributed by atoms with van der Waals surface area (Å²) in [6, 6.07) is 12.9. The minimum Gasteiger partial charge on any atom is -0.487 e. The summed E-state index contributed by atoms with van der Waals surface area (Å²) in [5.41, 5.74) is 7.28. The molecular weight excluding hydrogens is 293 g/mol. The van der Waals surface area contributed by atoms with E-state index in [0.717, 1.165) is 11.1 Å². The van der Waals surface area contributed by atoms with Crippen LogP contribution in [0.4, 0.5) is 0 Å². The van der Waals surface area contributed by atoms with E-state index >= 15 is 0 Å². The SMILES string of the molecule is NCC#Cc1cccc(COc2ccc(Cl)cc2Cl)c1. The number of hydrogen-bond donors (Lipinski definition) is 1. The monoisotopic (exact) mass is 305 g/mol. The van der Waals surface area contributed by atoms with Crippen LogP contribution in [0.1, 0.15) is 11.1 Å². The van der Waals surface area contributed by atoms with Gasteiger partial charge in [-0.05, 0) is 35.9 Å². The molecule has 0 spiro atoms. The molecule has 0 unspecified atom stereocenters. The second-order valence-corrected chi connectivity index (χ2v) is 4.91. The van der Waals surface area contributed by atoms with Crippen LogP contribution in [0.2, 0.25) is 10.0 Å². The van der Waals surface area contributed by atoms with Gasteiger partial charge in [0.15, 0.2) is 0 Å². The highest BCUT2D eigenvalue weighted by atomic mass is 35.5. The van der Waals surface area contributed by atoms with E-state index in [1.165, 1.54) is 0 Å². The summed E-state index contributed by atoms with van der Waals surface area (Å²) < 4.78 is 5.67. The van der Waals surface area contributed by atoms with Crippen LogP contribution in [-0.2, 0) is 6.61 Å². The molecule has 0 fully saturated rings. The molecule has 0 bridgehead atoms. The van der Waals surface area contributed by atoms with Crippen molar-refractivity contribution >= 4 is 23.2 Å². The first-order valence-corrected chi connectivity index (χ1v) is 6.80. The lowest BCUT2D eigenvalue weighted by atomic mass is 10.1. The van der Waals surface area contributed by atoms with Gasteiger partial charge in [0, 0.05) is 10.6 Å². The maximum atomic E-state index is 6.05. The van der Waals surface area contributed by atoms with Crippen molar-refractivity contribution in [1.29, 1.82) is 0 Å². The predicted octanol–water partition coefficient (Wildman–Crippen LogP) is 3.88. The Bertz CT molecular complexity index is 659. The first kappa shape index (κ1) is 14.7. The smallest absolute Gasteiger partial charge is 0.138 e. The van der Waals surface area contributed by atoms with Gasteiger partial charge < -0.3 is 10.5 Å². The van der Waals surface area contributed by atoms with Crippen molar-refractivity contribution in [1.82, 2.24) is 0 Å². The van der Waals surface area contributed by atoms with Crippen LogP contribution < -0.4 is 10.5 Å². The molecule has 0 amide bonds. The van der Waals surface area contributed by atoms with Gasteiger partial charge >= 0.3 is 0 Å². The molecule has 4 heteroatoms. The number of rotatable bonds is 3. The zero-order valence-corrected chi connectivity index (χ0v) is 12.2. The van der Waals surface area contributed by atoms with Crippen molar-refractivity contribution in [3.63, 3.8) is 0 Å². The van der Waals surface area contributed by atoms with E-state index in [9.17, 15) is 0 Å². The zero-order valence-electron chi connectivity index (χ0n) is 10.7. The number of ether oxygens (including phenoxy) is 1. The molecular formula is C16H13Cl2NO. The van der Waals surface area contributed by atoms with Gasteiger partial charge in [0.1, 0.15) is 12.4 Å². The van der Waals surface area contributed by atoms with E-state index < -0.39 is 0 Å². The third-order valence-corrected chi connectivity index (χ3v) is 3.08. The Balaban J connectivity index is 2.07. The van der Waals surface area contributed by atoms with E-state index in [0.29, 0.717) is 28.9 Å². The van der Waals surface area contributed by atoms with E-state index in [4.69, 9.17) is 33.7 Å². The van der Waals surface area contributed by atoms with Gasteiger partial charge in [0.25, 0.3) is 0 Å². The molecule has 0 heterocycles. The Morgan fingerprint density at radius 3 is 2.70 bits per heavy atom. The predicted molar refractivity (Wildman–Crippen MR) is 83.2 cm³/mol. The molecule has 0 aliphatic carbocycles. The van der Waals surface area contributed by atoms with Crippen molar-refractivity contribution in [2.75, 3.05) is 6.54 Å². The highest BCUT2D eigenvalue weighted by Crippen LogP contribution is 2.28. The van der Waals surface area contributed by atoms with Gasteiger partial charge in [-0.2, -0.15) is 0 Å². The lowest BCUT2D eigenvalue weighted by Gasteiger charge is -2.08. The Kier molecular flexibility index (Phi) is 5.31. The minimum absolute atomic E-state index is 0.348. The topological polar surface area (TPSA) is 35.2 Å². The third kappa shape index (κ3) is 4.18. The average Bonchev–Trinajstić information content (AvgIpc) is 2.45. The molecule has 0 aliphatic rings. The lowest BCUT2D eigenvalue weighted by molar-refractivity contribution is 0.306. The molecule has 0 saturated heterocycles. The minimum atomic E-state index is 0.348. The fourth-order valence-electron chi connectivity index (χ4n) is 1.65. The average molecular weight is 306 g/mol. The number of benzene rings is 2.